The van der Waals surface area contributed by atoms with Gasteiger partial charge in [-0.2, -0.15) is 0 Å². The lowest BCUT2D eigenvalue weighted by Gasteiger charge is -2.21. The first-order valence-corrected chi connectivity index (χ1v) is 10.2. The molecule has 4 rings (SSSR count). The van der Waals surface area contributed by atoms with Crippen molar-refractivity contribution >= 4 is 34.4 Å². The average molecular weight is 412 g/mol. The van der Waals surface area contributed by atoms with E-state index in [2.05, 4.69) is 5.32 Å². The van der Waals surface area contributed by atoms with E-state index in [4.69, 9.17) is 20.8 Å². The lowest BCUT2D eigenvalue weighted by atomic mass is 9.88. The van der Waals surface area contributed by atoms with E-state index in [1.807, 2.05) is 0 Å². The van der Waals surface area contributed by atoms with E-state index in [1.165, 1.54) is 0 Å². The topological polar surface area (TPSA) is 68.5 Å². The summed E-state index contributed by atoms with van der Waals surface area (Å²) in [5, 5.41) is 3.71. The van der Waals surface area contributed by atoms with Gasteiger partial charge in [0.2, 0.25) is 17.2 Å². The fourth-order valence-corrected chi connectivity index (χ4v) is 4.03. The molecule has 150 valence electrons. The van der Waals surface area contributed by atoms with Crippen LogP contribution >= 0.6 is 11.6 Å². The van der Waals surface area contributed by atoms with Crippen LogP contribution in [-0.4, -0.2) is 13.0 Å². The lowest BCUT2D eigenvalue weighted by Crippen LogP contribution is -2.26. The number of carbonyl (C=O) groups excluding carboxylic acids is 1. The molecule has 5 nitrogen and oxygen atoms in total. The standard InChI is InChI=1S/C23H22ClNO4/c1-28-17-10-7-14(8-11-17)20-21(26)18-13-16(24)9-12-19(18)29-23(20)25-22(27)15-5-3-2-4-6-15/h7-13,15H,2-6H2,1H3,(H,25,27). The molecule has 1 fully saturated rings. The number of nitrogens with one attached hydrogen (secondary N) is 1. The molecule has 0 atom stereocenters. The van der Waals surface area contributed by atoms with Gasteiger partial charge in [0.15, 0.2) is 0 Å². The first-order chi connectivity index (χ1) is 14.1. The van der Waals surface area contributed by atoms with E-state index >= 15 is 0 Å². The maximum atomic E-state index is 13.3. The molecular weight excluding hydrogens is 390 g/mol. The maximum absolute atomic E-state index is 13.3. The number of halogens is 1. The second-order valence-electron chi connectivity index (χ2n) is 7.33. The minimum Gasteiger partial charge on any atom is -0.497 e. The molecule has 1 heterocycles. The van der Waals surface area contributed by atoms with Gasteiger partial charge in [-0.1, -0.05) is 43.0 Å². The smallest absolute Gasteiger partial charge is 0.229 e. The molecule has 0 spiro atoms. The van der Waals surface area contributed by atoms with Crippen molar-refractivity contribution in [1.29, 1.82) is 0 Å². The summed E-state index contributed by atoms with van der Waals surface area (Å²) < 4.78 is 11.2. The third-order valence-corrected chi connectivity index (χ3v) is 5.68. The second kappa shape index (κ2) is 8.29. The van der Waals surface area contributed by atoms with E-state index in [0.29, 0.717) is 32.9 Å². The Bertz CT molecular complexity index is 1100. The predicted molar refractivity (Wildman–Crippen MR) is 115 cm³/mol. The largest absolute Gasteiger partial charge is 0.497 e. The molecule has 1 N–H and O–H groups in total. The van der Waals surface area contributed by atoms with Crippen molar-refractivity contribution in [3.05, 3.63) is 57.7 Å². The number of amides is 1. The summed E-state index contributed by atoms with van der Waals surface area (Å²) in [6.07, 6.45) is 4.97. The second-order valence-corrected chi connectivity index (χ2v) is 7.76. The van der Waals surface area contributed by atoms with Gasteiger partial charge >= 0.3 is 0 Å². The molecule has 0 bridgehead atoms. The van der Waals surface area contributed by atoms with Crippen LogP contribution in [0.25, 0.3) is 22.1 Å². The zero-order chi connectivity index (χ0) is 20.4. The fourth-order valence-electron chi connectivity index (χ4n) is 3.85. The number of anilines is 1. The Morgan fingerprint density at radius 2 is 1.83 bits per heavy atom. The van der Waals surface area contributed by atoms with E-state index in [9.17, 15) is 9.59 Å². The summed E-state index contributed by atoms with van der Waals surface area (Å²) in [4.78, 5) is 26.2. The highest BCUT2D eigenvalue weighted by molar-refractivity contribution is 6.31. The van der Waals surface area contributed by atoms with Crippen LogP contribution in [0.1, 0.15) is 32.1 Å². The highest BCUT2D eigenvalue weighted by atomic mass is 35.5. The summed E-state index contributed by atoms with van der Waals surface area (Å²) in [5.41, 5.74) is 1.10. The summed E-state index contributed by atoms with van der Waals surface area (Å²) in [6, 6.07) is 12.0. The zero-order valence-corrected chi connectivity index (χ0v) is 16.9. The van der Waals surface area contributed by atoms with Gasteiger partial charge in [-0.25, -0.2) is 0 Å². The Kier molecular flexibility index (Phi) is 5.58. The van der Waals surface area contributed by atoms with E-state index in [1.54, 1.807) is 49.6 Å². The molecule has 3 aromatic rings. The molecule has 0 aliphatic heterocycles. The Morgan fingerprint density at radius 3 is 2.52 bits per heavy atom. The first-order valence-electron chi connectivity index (χ1n) is 9.78. The Balaban J connectivity index is 1.83. The summed E-state index contributed by atoms with van der Waals surface area (Å²) in [5.74, 6) is 0.690. The van der Waals surface area contributed by atoms with Crippen LogP contribution < -0.4 is 15.5 Å². The molecule has 0 unspecified atom stereocenters. The quantitative estimate of drug-likeness (QED) is 0.603. The van der Waals surface area contributed by atoms with Crippen LogP contribution in [0.2, 0.25) is 5.02 Å². The van der Waals surface area contributed by atoms with Crippen LogP contribution in [0.4, 0.5) is 5.88 Å². The molecule has 1 amide bonds. The highest BCUT2D eigenvalue weighted by Crippen LogP contribution is 2.32. The van der Waals surface area contributed by atoms with Gasteiger partial charge in [0.25, 0.3) is 0 Å². The van der Waals surface area contributed by atoms with E-state index in [0.717, 1.165) is 32.1 Å². The summed E-state index contributed by atoms with van der Waals surface area (Å²) >= 11 is 6.09. The Hall–Kier alpha value is -2.79. The van der Waals surface area contributed by atoms with Gasteiger partial charge in [-0.15, -0.1) is 0 Å². The number of carbonyl (C=O) groups is 1. The van der Waals surface area contributed by atoms with E-state index < -0.39 is 0 Å². The minimum atomic E-state index is -0.238. The number of fused-ring (bicyclic) bond motifs is 1. The number of benzene rings is 2. The van der Waals surface area contributed by atoms with Crippen LogP contribution in [0.15, 0.2) is 51.7 Å². The molecular formula is C23H22ClNO4. The van der Waals surface area contributed by atoms with Crippen molar-refractivity contribution in [1.82, 2.24) is 0 Å². The predicted octanol–water partition coefficient (Wildman–Crippen LogP) is 5.64. The number of ether oxygens (including phenoxy) is 1. The van der Waals surface area contributed by atoms with Crippen LogP contribution in [-0.2, 0) is 4.79 Å². The molecule has 0 radical (unpaired) electrons. The monoisotopic (exact) mass is 411 g/mol. The maximum Gasteiger partial charge on any atom is 0.229 e. The number of methoxy groups -OCH3 is 1. The molecule has 1 aliphatic rings. The molecule has 1 saturated carbocycles. The molecule has 2 aromatic carbocycles. The van der Waals surface area contributed by atoms with Gasteiger partial charge in [0, 0.05) is 10.9 Å². The Morgan fingerprint density at radius 1 is 1.10 bits per heavy atom. The van der Waals surface area contributed by atoms with Crippen molar-refractivity contribution in [2.24, 2.45) is 5.92 Å². The molecule has 29 heavy (non-hydrogen) atoms. The third-order valence-electron chi connectivity index (χ3n) is 5.44. The van der Waals surface area contributed by atoms with E-state index in [-0.39, 0.29) is 23.1 Å². The van der Waals surface area contributed by atoms with Crippen molar-refractivity contribution < 1.29 is 13.9 Å². The fraction of sp³-hybridized carbons (Fsp3) is 0.304. The van der Waals surface area contributed by atoms with Crippen LogP contribution in [0.5, 0.6) is 5.75 Å². The number of rotatable bonds is 4. The number of hydrogen-bond acceptors (Lipinski definition) is 4. The highest BCUT2D eigenvalue weighted by Gasteiger charge is 2.24. The molecule has 1 aromatic heterocycles. The van der Waals surface area contributed by atoms with Crippen LogP contribution in [0, 0.1) is 5.92 Å². The van der Waals surface area contributed by atoms with Crippen molar-refractivity contribution in [2.75, 3.05) is 12.4 Å². The van der Waals surface area contributed by atoms with Gasteiger partial charge < -0.3 is 9.15 Å². The van der Waals surface area contributed by atoms with Crippen molar-refractivity contribution in [3.8, 4) is 16.9 Å². The molecule has 0 saturated heterocycles. The van der Waals surface area contributed by atoms with Gasteiger partial charge in [-0.3, -0.25) is 14.9 Å². The van der Waals surface area contributed by atoms with Gasteiger partial charge in [0.05, 0.1) is 18.1 Å². The van der Waals surface area contributed by atoms with Crippen LogP contribution in [0.3, 0.4) is 0 Å². The molecule has 1 aliphatic carbocycles. The SMILES string of the molecule is COc1ccc(-c2c(NC(=O)C3CCCCC3)oc3ccc(Cl)cc3c2=O)cc1. The van der Waals surface area contributed by atoms with Crippen molar-refractivity contribution in [3.63, 3.8) is 0 Å². The zero-order valence-electron chi connectivity index (χ0n) is 16.2. The normalized spacial score (nSPS) is 14.7. The first kappa shape index (κ1) is 19.5. The molecule has 6 heteroatoms. The summed E-state index contributed by atoms with van der Waals surface area (Å²) in [6.45, 7) is 0. The average Bonchev–Trinajstić information content (AvgIpc) is 2.75. The van der Waals surface area contributed by atoms with Crippen molar-refractivity contribution in [2.45, 2.75) is 32.1 Å². The lowest BCUT2D eigenvalue weighted by molar-refractivity contribution is -0.120. The van der Waals surface area contributed by atoms with Gasteiger partial charge in [-0.05, 0) is 48.7 Å². The summed E-state index contributed by atoms with van der Waals surface area (Å²) in [7, 11) is 1.58. The number of hydrogen-bond donors (Lipinski definition) is 1. The third kappa shape index (κ3) is 4.01. The minimum absolute atomic E-state index is 0.0568. The Labute approximate surface area is 173 Å². The van der Waals surface area contributed by atoms with Gasteiger partial charge in [0.1, 0.15) is 11.3 Å².